The molecule has 1 aliphatic rings. The van der Waals surface area contributed by atoms with Crippen LogP contribution >= 0.6 is 24.0 Å². The number of hydrogen-bond donors (Lipinski definition) is 3. The monoisotopic (exact) mass is 465 g/mol. The number of guanidine groups is 1. The van der Waals surface area contributed by atoms with E-state index >= 15 is 0 Å². The summed E-state index contributed by atoms with van der Waals surface area (Å²) in [5.41, 5.74) is -0.401. The number of methoxy groups -OCH3 is 1. The first-order valence-corrected chi connectivity index (χ1v) is 8.29. The second-order valence-electron chi connectivity index (χ2n) is 7.66. The van der Waals surface area contributed by atoms with E-state index in [1.807, 2.05) is 13.2 Å². The number of rotatable bonds is 5. The molecule has 1 aromatic rings. The normalized spacial score (nSPS) is 27.7. The van der Waals surface area contributed by atoms with Crippen molar-refractivity contribution in [3.8, 4) is 0 Å². The van der Waals surface area contributed by atoms with Crippen LogP contribution in [0, 0.1) is 5.41 Å². The van der Waals surface area contributed by atoms with Crippen LogP contribution in [0.2, 0.25) is 0 Å². The van der Waals surface area contributed by atoms with Crippen LogP contribution in [0.5, 0.6) is 0 Å². The molecule has 0 radical (unpaired) electrons. The van der Waals surface area contributed by atoms with Gasteiger partial charge in [-0.05, 0) is 20.3 Å². The van der Waals surface area contributed by atoms with Gasteiger partial charge in [0.15, 0.2) is 5.96 Å². The SMILES string of the molecule is CN=C(NCC(C)(O)c1cnn(C)c1)NC1CC(C)(OC)C1(C)C.I. The second kappa shape index (κ2) is 7.79. The first-order valence-electron chi connectivity index (χ1n) is 8.29. The summed E-state index contributed by atoms with van der Waals surface area (Å²) >= 11 is 0. The van der Waals surface area contributed by atoms with Crippen LogP contribution in [0.1, 0.15) is 39.7 Å². The highest BCUT2D eigenvalue weighted by atomic mass is 127. The summed E-state index contributed by atoms with van der Waals surface area (Å²) in [6.07, 6.45) is 4.41. The fraction of sp³-hybridized carbons (Fsp3) is 0.765. The predicted octanol–water partition coefficient (Wildman–Crippen LogP) is 1.61. The van der Waals surface area contributed by atoms with Crippen LogP contribution in [-0.4, -0.2) is 53.2 Å². The fourth-order valence-corrected chi connectivity index (χ4v) is 3.14. The number of ether oxygens (including phenoxy) is 1. The molecule has 7 nitrogen and oxygen atoms in total. The molecule has 0 saturated heterocycles. The molecular formula is C17H32IN5O2. The Balaban J connectivity index is 0.00000312. The van der Waals surface area contributed by atoms with Crippen LogP contribution in [-0.2, 0) is 17.4 Å². The van der Waals surface area contributed by atoms with E-state index in [2.05, 4.69) is 41.5 Å². The minimum atomic E-state index is -1.03. The van der Waals surface area contributed by atoms with Gasteiger partial charge in [0, 0.05) is 44.4 Å². The van der Waals surface area contributed by atoms with Crippen molar-refractivity contribution in [2.24, 2.45) is 17.5 Å². The van der Waals surface area contributed by atoms with E-state index < -0.39 is 5.60 Å². The highest BCUT2D eigenvalue weighted by molar-refractivity contribution is 14.0. The maximum absolute atomic E-state index is 10.7. The Hall–Kier alpha value is -0.870. The minimum Gasteiger partial charge on any atom is -0.383 e. The van der Waals surface area contributed by atoms with Crippen molar-refractivity contribution >= 4 is 29.9 Å². The van der Waals surface area contributed by atoms with E-state index in [4.69, 9.17) is 4.74 Å². The van der Waals surface area contributed by atoms with E-state index in [1.165, 1.54) is 0 Å². The molecule has 0 aliphatic heterocycles. The van der Waals surface area contributed by atoms with Gasteiger partial charge < -0.3 is 20.5 Å². The van der Waals surface area contributed by atoms with E-state index in [0.29, 0.717) is 12.5 Å². The van der Waals surface area contributed by atoms with E-state index in [9.17, 15) is 5.11 Å². The lowest BCUT2D eigenvalue weighted by atomic mass is 9.56. The number of hydrogen-bond acceptors (Lipinski definition) is 4. The highest BCUT2D eigenvalue weighted by Gasteiger charge is 2.58. The summed E-state index contributed by atoms with van der Waals surface area (Å²) in [7, 11) is 5.32. The lowest BCUT2D eigenvalue weighted by Gasteiger charge is -2.59. The minimum absolute atomic E-state index is 0. The van der Waals surface area contributed by atoms with Crippen molar-refractivity contribution in [3.63, 3.8) is 0 Å². The third-order valence-corrected chi connectivity index (χ3v) is 5.74. The molecule has 3 N–H and O–H groups in total. The Morgan fingerprint density at radius 3 is 2.60 bits per heavy atom. The smallest absolute Gasteiger partial charge is 0.191 e. The van der Waals surface area contributed by atoms with Gasteiger partial charge in [-0.15, -0.1) is 24.0 Å². The Labute approximate surface area is 167 Å². The van der Waals surface area contributed by atoms with Crippen LogP contribution in [0.25, 0.3) is 0 Å². The molecule has 1 heterocycles. The predicted molar refractivity (Wildman–Crippen MR) is 110 cm³/mol. The second-order valence-corrected chi connectivity index (χ2v) is 7.66. The molecule has 0 bridgehead atoms. The Morgan fingerprint density at radius 1 is 1.52 bits per heavy atom. The Morgan fingerprint density at radius 2 is 2.16 bits per heavy atom. The maximum Gasteiger partial charge on any atom is 0.191 e. The third kappa shape index (κ3) is 4.28. The molecule has 0 spiro atoms. The van der Waals surface area contributed by atoms with Crippen LogP contribution < -0.4 is 10.6 Å². The number of aliphatic hydroxyl groups is 1. The van der Waals surface area contributed by atoms with Crippen molar-refractivity contribution < 1.29 is 9.84 Å². The first-order chi connectivity index (χ1) is 11.1. The zero-order valence-corrected chi connectivity index (χ0v) is 18.6. The zero-order valence-electron chi connectivity index (χ0n) is 16.3. The lowest BCUT2D eigenvalue weighted by molar-refractivity contribution is -0.176. The molecule has 1 fully saturated rings. The van der Waals surface area contributed by atoms with E-state index in [-0.39, 0.29) is 41.0 Å². The van der Waals surface area contributed by atoms with Gasteiger partial charge in [0.25, 0.3) is 0 Å². The van der Waals surface area contributed by atoms with Gasteiger partial charge in [0.2, 0.25) is 0 Å². The topological polar surface area (TPSA) is 83.7 Å². The molecular weight excluding hydrogens is 433 g/mol. The van der Waals surface area contributed by atoms with Gasteiger partial charge in [-0.25, -0.2) is 0 Å². The number of aliphatic imine (C=N–C) groups is 1. The fourth-order valence-electron chi connectivity index (χ4n) is 3.14. The third-order valence-electron chi connectivity index (χ3n) is 5.74. The molecule has 1 aromatic heterocycles. The molecule has 144 valence electrons. The molecule has 3 unspecified atom stereocenters. The summed E-state index contributed by atoms with van der Waals surface area (Å²) in [6.45, 7) is 8.62. The summed E-state index contributed by atoms with van der Waals surface area (Å²) < 4.78 is 7.34. The number of aryl methyl sites for hydroxylation is 1. The van der Waals surface area contributed by atoms with Crippen molar-refractivity contribution in [1.29, 1.82) is 0 Å². The average Bonchev–Trinajstić information content (AvgIpc) is 2.97. The molecule has 3 atom stereocenters. The van der Waals surface area contributed by atoms with Crippen molar-refractivity contribution in [2.75, 3.05) is 20.7 Å². The summed E-state index contributed by atoms with van der Waals surface area (Å²) in [6, 6.07) is 0.261. The maximum atomic E-state index is 10.7. The summed E-state index contributed by atoms with van der Waals surface area (Å²) in [5, 5.41) is 21.4. The van der Waals surface area contributed by atoms with Crippen LogP contribution in [0.4, 0.5) is 0 Å². The number of aromatic nitrogens is 2. The summed E-state index contributed by atoms with van der Waals surface area (Å²) in [5.74, 6) is 0.676. The quantitative estimate of drug-likeness (QED) is 0.350. The molecule has 0 amide bonds. The van der Waals surface area contributed by atoms with E-state index in [1.54, 1.807) is 32.0 Å². The van der Waals surface area contributed by atoms with Crippen molar-refractivity contribution in [1.82, 2.24) is 20.4 Å². The molecule has 1 aliphatic carbocycles. The Kier molecular flexibility index (Phi) is 6.91. The van der Waals surface area contributed by atoms with Gasteiger partial charge >= 0.3 is 0 Å². The van der Waals surface area contributed by atoms with Gasteiger partial charge in [-0.1, -0.05) is 13.8 Å². The van der Waals surface area contributed by atoms with Gasteiger partial charge in [-0.2, -0.15) is 5.10 Å². The first kappa shape index (κ1) is 22.2. The van der Waals surface area contributed by atoms with E-state index in [0.717, 1.165) is 12.0 Å². The van der Waals surface area contributed by atoms with Crippen LogP contribution in [0.3, 0.4) is 0 Å². The molecule has 1 saturated carbocycles. The molecule has 2 rings (SSSR count). The van der Waals surface area contributed by atoms with Gasteiger partial charge in [0.1, 0.15) is 5.60 Å². The molecule has 25 heavy (non-hydrogen) atoms. The van der Waals surface area contributed by atoms with Crippen molar-refractivity contribution in [3.05, 3.63) is 18.0 Å². The summed E-state index contributed by atoms with van der Waals surface area (Å²) in [4.78, 5) is 4.27. The van der Waals surface area contributed by atoms with Gasteiger partial charge in [0.05, 0.1) is 18.3 Å². The average molecular weight is 465 g/mol. The lowest BCUT2D eigenvalue weighted by Crippen LogP contribution is -2.69. The largest absolute Gasteiger partial charge is 0.383 e. The number of nitrogens with one attached hydrogen (secondary N) is 2. The molecule has 0 aromatic carbocycles. The number of nitrogens with zero attached hydrogens (tertiary/aromatic N) is 3. The standard InChI is InChI=1S/C17H31N5O2.HI/c1-15(2)13(8-17(15,4)24-7)21-14(18-5)19-11-16(3,23)12-9-20-22(6)10-12;/h9-10,13,23H,8,11H2,1-7H3,(H2,18,19,21);1H. The molecule has 8 heteroatoms. The highest BCUT2D eigenvalue weighted by Crippen LogP contribution is 2.51. The number of halogens is 1. The Bertz CT molecular complexity index is 614. The zero-order chi connectivity index (χ0) is 18.2. The van der Waals surface area contributed by atoms with Crippen molar-refractivity contribution in [2.45, 2.75) is 51.4 Å². The van der Waals surface area contributed by atoms with Gasteiger partial charge in [-0.3, -0.25) is 9.67 Å². The van der Waals surface area contributed by atoms with Crippen LogP contribution in [0.15, 0.2) is 17.4 Å².